The van der Waals surface area contributed by atoms with Gasteiger partial charge in [-0.2, -0.15) is 13.2 Å². The smallest absolute Gasteiger partial charge is 0.207 e. The van der Waals surface area contributed by atoms with Crippen LogP contribution in [-0.4, -0.2) is 6.18 Å². The van der Waals surface area contributed by atoms with Crippen molar-refractivity contribution in [2.45, 2.75) is 6.18 Å². The van der Waals surface area contributed by atoms with E-state index >= 15 is 0 Å². The quantitative estimate of drug-likeness (QED) is 0.664. The predicted molar refractivity (Wildman–Crippen MR) is 66.0 cm³/mol. The molecule has 0 aliphatic rings. The van der Waals surface area contributed by atoms with Crippen molar-refractivity contribution < 1.29 is 26.3 Å². The molecule has 0 atom stereocenters. The summed E-state index contributed by atoms with van der Waals surface area (Å²) in [4.78, 5) is 0. The summed E-state index contributed by atoms with van der Waals surface area (Å²) in [6.45, 7) is 0. The number of alkyl halides is 3. The van der Waals surface area contributed by atoms with Gasteiger partial charge in [-0.15, -0.1) is 0 Å². The van der Waals surface area contributed by atoms with E-state index < -0.39 is 29.2 Å². The summed E-state index contributed by atoms with van der Waals surface area (Å²) >= 11 is 0. The molecule has 0 fully saturated rings. The van der Waals surface area contributed by atoms with Gasteiger partial charge in [0.05, 0.1) is 0 Å². The van der Waals surface area contributed by atoms with Crippen LogP contribution >= 0.6 is 0 Å². The van der Waals surface area contributed by atoms with E-state index in [4.69, 9.17) is 0 Å². The standard InChI is InChI=1S/C15H8F6/c16-11-5-1-3-9(7-11)13(14(18)15(19,20)21)10-4-2-6-12(17)8-10/h1-8H. The third kappa shape index (κ3) is 3.45. The first kappa shape index (κ1) is 15.2. The first-order valence-corrected chi connectivity index (χ1v) is 5.78. The highest BCUT2D eigenvalue weighted by molar-refractivity contribution is 5.81. The lowest BCUT2D eigenvalue weighted by atomic mass is 9.96. The molecule has 0 saturated heterocycles. The zero-order valence-corrected chi connectivity index (χ0v) is 10.4. The van der Waals surface area contributed by atoms with Gasteiger partial charge in [0, 0.05) is 5.57 Å². The summed E-state index contributed by atoms with van der Waals surface area (Å²) < 4.78 is 78.0. The summed E-state index contributed by atoms with van der Waals surface area (Å²) in [7, 11) is 0. The molecule has 0 radical (unpaired) electrons. The molecule has 2 aromatic rings. The number of allylic oxidation sites excluding steroid dienone is 1. The zero-order valence-electron chi connectivity index (χ0n) is 10.4. The van der Waals surface area contributed by atoms with Gasteiger partial charge >= 0.3 is 6.18 Å². The average molecular weight is 302 g/mol. The third-order valence-electron chi connectivity index (χ3n) is 2.69. The maximum absolute atomic E-state index is 13.7. The molecule has 0 bridgehead atoms. The summed E-state index contributed by atoms with van der Waals surface area (Å²) in [5.74, 6) is -4.05. The van der Waals surface area contributed by atoms with Crippen LogP contribution in [0.25, 0.3) is 5.57 Å². The van der Waals surface area contributed by atoms with Gasteiger partial charge in [-0.05, 0) is 35.4 Å². The van der Waals surface area contributed by atoms with Crippen LogP contribution in [0.2, 0.25) is 0 Å². The Morgan fingerprint density at radius 2 is 1.19 bits per heavy atom. The molecule has 21 heavy (non-hydrogen) atoms. The minimum absolute atomic E-state index is 0.324. The lowest BCUT2D eigenvalue weighted by Crippen LogP contribution is -2.11. The molecular formula is C15H8F6. The molecule has 2 rings (SSSR count). The van der Waals surface area contributed by atoms with E-state index in [0.717, 1.165) is 48.5 Å². The van der Waals surface area contributed by atoms with Crippen molar-refractivity contribution in [2.24, 2.45) is 0 Å². The minimum atomic E-state index is -5.26. The molecule has 0 heterocycles. The third-order valence-corrected chi connectivity index (χ3v) is 2.69. The Morgan fingerprint density at radius 1 is 0.762 bits per heavy atom. The topological polar surface area (TPSA) is 0 Å². The van der Waals surface area contributed by atoms with Gasteiger partial charge in [-0.25, -0.2) is 13.2 Å². The van der Waals surface area contributed by atoms with Gasteiger partial charge in [-0.3, -0.25) is 0 Å². The van der Waals surface area contributed by atoms with E-state index in [9.17, 15) is 26.3 Å². The molecule has 0 aliphatic heterocycles. The zero-order chi connectivity index (χ0) is 15.6. The molecule has 110 valence electrons. The number of rotatable bonds is 2. The molecule has 0 saturated carbocycles. The Hall–Kier alpha value is -2.24. The summed E-state index contributed by atoms with van der Waals surface area (Å²) in [6, 6.07) is 8.07. The van der Waals surface area contributed by atoms with Gasteiger partial charge in [0.1, 0.15) is 11.6 Å². The lowest BCUT2D eigenvalue weighted by molar-refractivity contribution is -0.107. The summed E-state index contributed by atoms with van der Waals surface area (Å²) in [5.41, 5.74) is -1.55. The van der Waals surface area contributed by atoms with E-state index in [0.29, 0.717) is 0 Å². The van der Waals surface area contributed by atoms with Crippen LogP contribution in [0.5, 0.6) is 0 Å². The fourth-order valence-corrected chi connectivity index (χ4v) is 1.85. The van der Waals surface area contributed by atoms with Gasteiger partial charge in [0.25, 0.3) is 0 Å². The minimum Gasteiger partial charge on any atom is -0.207 e. The number of halogens is 6. The lowest BCUT2D eigenvalue weighted by Gasteiger charge is -2.13. The summed E-state index contributed by atoms with van der Waals surface area (Å²) in [6.07, 6.45) is -5.26. The van der Waals surface area contributed by atoms with E-state index in [1.165, 1.54) is 0 Å². The molecule has 0 unspecified atom stereocenters. The predicted octanol–water partition coefficient (Wildman–Crippen LogP) is 5.26. The Labute approximate surface area is 116 Å². The highest BCUT2D eigenvalue weighted by Gasteiger charge is 2.38. The number of benzene rings is 2. The van der Waals surface area contributed by atoms with Crippen molar-refractivity contribution in [3.05, 3.63) is 77.1 Å². The van der Waals surface area contributed by atoms with E-state index in [-0.39, 0.29) is 11.1 Å². The Kier molecular flexibility index (Phi) is 4.06. The molecule has 0 N–H and O–H groups in total. The summed E-state index contributed by atoms with van der Waals surface area (Å²) in [5, 5.41) is 0. The van der Waals surface area contributed by atoms with Crippen molar-refractivity contribution in [1.29, 1.82) is 0 Å². The maximum Gasteiger partial charge on any atom is 0.443 e. The SMILES string of the molecule is FC(=C(c1cccc(F)c1)c1cccc(F)c1)C(F)(F)F. The van der Waals surface area contributed by atoms with Crippen LogP contribution in [0.3, 0.4) is 0 Å². The highest BCUT2D eigenvalue weighted by atomic mass is 19.4. The largest absolute Gasteiger partial charge is 0.443 e. The molecule has 6 heteroatoms. The van der Waals surface area contributed by atoms with Crippen LogP contribution in [-0.2, 0) is 0 Å². The molecule has 0 spiro atoms. The van der Waals surface area contributed by atoms with E-state index in [2.05, 4.69) is 0 Å². The second-order valence-electron chi connectivity index (χ2n) is 4.21. The van der Waals surface area contributed by atoms with Gasteiger partial charge in [-0.1, -0.05) is 24.3 Å². The first-order chi connectivity index (χ1) is 9.79. The second kappa shape index (κ2) is 5.63. The van der Waals surface area contributed by atoms with Crippen molar-refractivity contribution in [3.63, 3.8) is 0 Å². The van der Waals surface area contributed by atoms with E-state index in [1.54, 1.807) is 0 Å². The second-order valence-corrected chi connectivity index (χ2v) is 4.21. The van der Waals surface area contributed by atoms with Crippen LogP contribution < -0.4 is 0 Å². The molecule has 0 nitrogen and oxygen atoms in total. The normalized spacial score (nSPS) is 11.3. The van der Waals surface area contributed by atoms with Gasteiger partial charge in [0.2, 0.25) is 5.83 Å². The van der Waals surface area contributed by atoms with Crippen molar-refractivity contribution in [1.82, 2.24) is 0 Å². The highest BCUT2D eigenvalue weighted by Crippen LogP contribution is 2.37. The monoisotopic (exact) mass is 302 g/mol. The Morgan fingerprint density at radius 3 is 1.52 bits per heavy atom. The first-order valence-electron chi connectivity index (χ1n) is 5.78. The Bertz CT molecular complexity index is 637. The van der Waals surface area contributed by atoms with Gasteiger partial charge in [0.15, 0.2) is 0 Å². The van der Waals surface area contributed by atoms with Crippen LogP contribution in [0.1, 0.15) is 11.1 Å². The number of hydrogen-bond acceptors (Lipinski definition) is 0. The van der Waals surface area contributed by atoms with Crippen LogP contribution in [0.15, 0.2) is 54.4 Å². The molecule has 0 amide bonds. The van der Waals surface area contributed by atoms with E-state index in [1.807, 2.05) is 0 Å². The molecule has 0 aliphatic carbocycles. The fourth-order valence-electron chi connectivity index (χ4n) is 1.85. The molecular weight excluding hydrogens is 294 g/mol. The molecule has 0 aromatic heterocycles. The van der Waals surface area contributed by atoms with Crippen LogP contribution in [0.4, 0.5) is 26.3 Å². The Balaban J connectivity index is 2.72. The van der Waals surface area contributed by atoms with Crippen molar-refractivity contribution in [2.75, 3.05) is 0 Å². The van der Waals surface area contributed by atoms with Crippen molar-refractivity contribution in [3.8, 4) is 0 Å². The molecule has 2 aromatic carbocycles. The average Bonchev–Trinajstić information content (AvgIpc) is 2.38. The van der Waals surface area contributed by atoms with Crippen molar-refractivity contribution >= 4 is 5.57 Å². The maximum atomic E-state index is 13.7. The fraction of sp³-hybridized carbons (Fsp3) is 0.0667. The number of hydrogen-bond donors (Lipinski definition) is 0. The van der Waals surface area contributed by atoms with Gasteiger partial charge < -0.3 is 0 Å². The van der Waals surface area contributed by atoms with Crippen LogP contribution in [0, 0.1) is 11.6 Å².